The molecule has 4 rings (SSSR count). The van der Waals surface area contributed by atoms with E-state index >= 15 is 0 Å². The van der Waals surface area contributed by atoms with Crippen molar-refractivity contribution in [3.05, 3.63) is 41.3 Å². The summed E-state index contributed by atoms with van der Waals surface area (Å²) in [5, 5.41) is 4.03. The van der Waals surface area contributed by atoms with Crippen LogP contribution in [0.5, 0.6) is 0 Å². The number of nitrogens with one attached hydrogen (secondary N) is 1. The van der Waals surface area contributed by atoms with Crippen molar-refractivity contribution in [2.45, 2.75) is 13.8 Å². The van der Waals surface area contributed by atoms with Crippen molar-refractivity contribution in [3.63, 3.8) is 0 Å². The third-order valence-electron chi connectivity index (χ3n) is 4.67. The Morgan fingerprint density at radius 2 is 1.81 bits per heavy atom. The van der Waals surface area contributed by atoms with Gasteiger partial charge in [-0.15, -0.1) is 11.3 Å². The lowest BCUT2D eigenvalue weighted by molar-refractivity contribution is 0.642. The quantitative estimate of drug-likeness (QED) is 0.711. The van der Waals surface area contributed by atoms with Crippen LogP contribution in [-0.2, 0) is 0 Å². The lowest BCUT2D eigenvalue weighted by atomic mass is 10.3. The molecule has 0 amide bonds. The summed E-state index contributed by atoms with van der Waals surface area (Å²) in [6.45, 7) is 7.43. The van der Waals surface area contributed by atoms with E-state index in [2.05, 4.69) is 35.1 Å². The molecule has 1 aliphatic rings. The van der Waals surface area contributed by atoms with Crippen molar-refractivity contribution in [2.24, 2.45) is 0 Å². The first-order valence-electron chi connectivity index (χ1n) is 8.84. The summed E-state index contributed by atoms with van der Waals surface area (Å²) in [5.41, 5.74) is 7.94. The van der Waals surface area contributed by atoms with Gasteiger partial charge in [0.15, 0.2) is 16.8 Å². The van der Waals surface area contributed by atoms with Crippen LogP contribution in [0.4, 0.5) is 28.3 Å². The predicted molar refractivity (Wildman–Crippen MR) is 110 cm³/mol. The van der Waals surface area contributed by atoms with E-state index in [1.165, 1.54) is 4.88 Å². The molecule has 0 spiro atoms. The molecule has 8 nitrogen and oxygen atoms in total. The van der Waals surface area contributed by atoms with Gasteiger partial charge < -0.3 is 20.9 Å². The molecule has 1 aliphatic heterocycles. The normalized spacial score (nSPS) is 14.4. The number of rotatable bonds is 4. The fraction of sp³-hybridized carbons (Fsp3) is 0.333. The zero-order valence-electron chi connectivity index (χ0n) is 15.4. The summed E-state index contributed by atoms with van der Waals surface area (Å²) in [5.74, 6) is 2.36. The molecule has 3 aromatic rings. The van der Waals surface area contributed by atoms with Crippen LogP contribution in [-0.4, -0.2) is 46.1 Å². The van der Waals surface area contributed by atoms with Gasteiger partial charge in [0.1, 0.15) is 17.8 Å². The van der Waals surface area contributed by atoms with Gasteiger partial charge >= 0.3 is 0 Å². The van der Waals surface area contributed by atoms with Gasteiger partial charge in [0.25, 0.3) is 0 Å². The van der Waals surface area contributed by atoms with E-state index in [9.17, 15) is 0 Å². The van der Waals surface area contributed by atoms with E-state index in [0.717, 1.165) is 48.6 Å². The highest BCUT2D eigenvalue weighted by Crippen LogP contribution is 2.31. The van der Waals surface area contributed by atoms with Gasteiger partial charge in [-0.3, -0.25) is 0 Å². The lowest BCUT2D eigenvalue weighted by Gasteiger charge is -2.36. The molecular formula is C18H22N8S. The van der Waals surface area contributed by atoms with Crippen LogP contribution in [0.3, 0.4) is 0 Å². The molecule has 3 aromatic heterocycles. The molecule has 1 fully saturated rings. The van der Waals surface area contributed by atoms with E-state index in [1.54, 1.807) is 17.7 Å². The SMILES string of the molecule is Cc1nc(Nc2ncnc(N3CCN(c4ccccn4)CC3)c2N)sc1C. The Bertz CT molecular complexity index is 899. The minimum atomic E-state index is 0.550. The maximum Gasteiger partial charge on any atom is 0.188 e. The predicted octanol–water partition coefficient (Wildman–Crippen LogP) is 2.60. The summed E-state index contributed by atoms with van der Waals surface area (Å²) in [6.07, 6.45) is 3.37. The molecule has 0 aromatic carbocycles. The van der Waals surface area contributed by atoms with Crippen LogP contribution in [0.1, 0.15) is 10.6 Å². The number of anilines is 5. The number of piperazine rings is 1. The Morgan fingerprint density at radius 3 is 2.48 bits per heavy atom. The minimum absolute atomic E-state index is 0.550. The van der Waals surface area contributed by atoms with E-state index in [1.807, 2.05) is 38.2 Å². The third-order valence-corrected chi connectivity index (χ3v) is 5.66. The second-order valence-electron chi connectivity index (χ2n) is 6.41. The molecule has 0 atom stereocenters. The smallest absolute Gasteiger partial charge is 0.188 e. The first kappa shape index (κ1) is 17.5. The molecule has 9 heteroatoms. The van der Waals surface area contributed by atoms with Crippen molar-refractivity contribution in [3.8, 4) is 0 Å². The summed E-state index contributed by atoms with van der Waals surface area (Å²) in [7, 11) is 0. The number of hydrogen-bond acceptors (Lipinski definition) is 9. The van der Waals surface area contributed by atoms with Gasteiger partial charge in [0.05, 0.1) is 5.69 Å². The van der Waals surface area contributed by atoms with Crippen LogP contribution in [0.2, 0.25) is 0 Å². The Morgan fingerprint density at radius 1 is 1.04 bits per heavy atom. The molecule has 140 valence electrons. The van der Waals surface area contributed by atoms with Crippen molar-refractivity contribution in [2.75, 3.05) is 47.0 Å². The molecule has 4 heterocycles. The standard InChI is InChI=1S/C18H22N8S/c1-12-13(2)27-18(23-12)24-16-15(19)17(22-11-21-16)26-9-7-25(8-10-26)14-5-3-4-6-20-14/h3-6,11H,7-10,19H2,1-2H3,(H,21,22,23,24). The Balaban J connectivity index is 1.48. The number of thiazole rings is 1. The van der Waals surface area contributed by atoms with E-state index in [-0.39, 0.29) is 0 Å². The maximum absolute atomic E-state index is 6.37. The number of aryl methyl sites for hydroxylation is 2. The second kappa shape index (κ2) is 7.36. The highest BCUT2D eigenvalue weighted by molar-refractivity contribution is 7.15. The van der Waals surface area contributed by atoms with Crippen LogP contribution < -0.4 is 20.9 Å². The van der Waals surface area contributed by atoms with E-state index < -0.39 is 0 Å². The first-order chi connectivity index (χ1) is 13.1. The molecular weight excluding hydrogens is 360 g/mol. The average Bonchev–Trinajstić information content (AvgIpc) is 3.01. The number of aromatic nitrogens is 4. The summed E-state index contributed by atoms with van der Waals surface area (Å²) in [4.78, 5) is 23.3. The Labute approximate surface area is 162 Å². The number of hydrogen-bond donors (Lipinski definition) is 2. The molecule has 0 radical (unpaired) electrons. The Kier molecular flexibility index (Phi) is 4.76. The zero-order chi connectivity index (χ0) is 18.8. The van der Waals surface area contributed by atoms with Crippen LogP contribution >= 0.6 is 11.3 Å². The monoisotopic (exact) mass is 382 g/mol. The van der Waals surface area contributed by atoms with Gasteiger partial charge in [-0.2, -0.15) is 0 Å². The molecule has 0 bridgehead atoms. The molecule has 3 N–H and O–H groups in total. The van der Waals surface area contributed by atoms with Crippen molar-refractivity contribution >= 4 is 39.6 Å². The molecule has 1 saturated heterocycles. The largest absolute Gasteiger partial charge is 0.393 e. The fourth-order valence-corrected chi connectivity index (χ4v) is 3.87. The van der Waals surface area contributed by atoms with Gasteiger partial charge in [0, 0.05) is 37.3 Å². The van der Waals surface area contributed by atoms with Crippen LogP contribution in [0.25, 0.3) is 0 Å². The summed E-state index contributed by atoms with van der Waals surface area (Å²) in [6, 6.07) is 5.98. The van der Waals surface area contributed by atoms with Crippen molar-refractivity contribution in [1.82, 2.24) is 19.9 Å². The average molecular weight is 382 g/mol. The summed E-state index contributed by atoms with van der Waals surface area (Å²) >= 11 is 1.59. The van der Waals surface area contributed by atoms with Crippen LogP contribution in [0, 0.1) is 13.8 Å². The zero-order valence-corrected chi connectivity index (χ0v) is 16.2. The number of pyridine rings is 1. The number of nitrogens with zero attached hydrogens (tertiary/aromatic N) is 6. The first-order valence-corrected chi connectivity index (χ1v) is 9.66. The van der Waals surface area contributed by atoms with Crippen molar-refractivity contribution in [1.29, 1.82) is 0 Å². The lowest BCUT2D eigenvalue weighted by Crippen LogP contribution is -2.47. The Hall–Kier alpha value is -2.94. The van der Waals surface area contributed by atoms with Gasteiger partial charge in [-0.25, -0.2) is 19.9 Å². The summed E-state index contributed by atoms with van der Waals surface area (Å²) < 4.78 is 0. The maximum atomic E-state index is 6.37. The topological polar surface area (TPSA) is 96.1 Å². The second-order valence-corrected chi connectivity index (χ2v) is 7.61. The molecule has 0 unspecified atom stereocenters. The van der Waals surface area contributed by atoms with E-state index in [4.69, 9.17) is 5.73 Å². The highest BCUT2D eigenvalue weighted by atomic mass is 32.1. The van der Waals surface area contributed by atoms with Crippen molar-refractivity contribution < 1.29 is 0 Å². The van der Waals surface area contributed by atoms with E-state index in [0.29, 0.717) is 11.5 Å². The molecule has 0 saturated carbocycles. The third kappa shape index (κ3) is 3.63. The molecule has 0 aliphatic carbocycles. The van der Waals surface area contributed by atoms with Gasteiger partial charge in [-0.05, 0) is 26.0 Å². The number of nitrogen functional groups attached to an aromatic ring is 1. The van der Waals surface area contributed by atoms with Gasteiger partial charge in [-0.1, -0.05) is 6.07 Å². The molecule has 27 heavy (non-hydrogen) atoms. The van der Waals surface area contributed by atoms with Crippen LogP contribution in [0.15, 0.2) is 30.7 Å². The fourth-order valence-electron chi connectivity index (χ4n) is 3.05. The highest BCUT2D eigenvalue weighted by Gasteiger charge is 2.22. The minimum Gasteiger partial charge on any atom is -0.393 e. The number of nitrogens with two attached hydrogens (primary N) is 1. The van der Waals surface area contributed by atoms with Gasteiger partial charge in [0.2, 0.25) is 0 Å².